The predicted octanol–water partition coefficient (Wildman–Crippen LogP) is -1.38. The average Bonchev–Trinajstić information content (AvgIpc) is 1.36. The van der Waals surface area contributed by atoms with E-state index in [4.69, 9.17) is 10.2 Å². The second kappa shape index (κ2) is 7.27. The Morgan fingerprint density at radius 1 is 1.62 bits per heavy atom. The molecular formula is C3H8O4Zr. The molecule has 8 heavy (non-hydrogen) atoms. The molecule has 0 aliphatic heterocycles. The monoisotopic (exact) mass is 198 g/mol. The van der Waals surface area contributed by atoms with Gasteiger partial charge in [0.2, 0.25) is 0 Å². The summed E-state index contributed by atoms with van der Waals surface area (Å²) in [5.74, 6) is -1.19. The fraction of sp³-hybridized carbons (Fsp3) is 0.667. The van der Waals surface area contributed by atoms with Crippen LogP contribution in [0.2, 0.25) is 0 Å². The Bertz CT molecular complexity index is 62.3. The van der Waals surface area contributed by atoms with Crippen LogP contribution in [0.1, 0.15) is 6.92 Å². The first-order valence-electron chi connectivity index (χ1n) is 1.55. The molecule has 48 valence electrons. The first-order valence-corrected chi connectivity index (χ1v) is 1.55. The maximum Gasteiger partial charge on any atom is 0.332 e. The molecule has 0 aliphatic carbocycles. The van der Waals surface area contributed by atoms with Gasteiger partial charge in [0.25, 0.3) is 0 Å². The molecule has 0 aromatic carbocycles. The van der Waals surface area contributed by atoms with Crippen molar-refractivity contribution in [2.24, 2.45) is 0 Å². The fourth-order valence-electron chi connectivity index (χ4n) is 0. The Kier molecular flexibility index (Phi) is 14.3. The fourth-order valence-corrected chi connectivity index (χ4v) is 0. The van der Waals surface area contributed by atoms with Gasteiger partial charge in [-0.1, -0.05) is 0 Å². The summed E-state index contributed by atoms with van der Waals surface area (Å²) < 4.78 is 0. The molecule has 0 heterocycles. The van der Waals surface area contributed by atoms with Crippen LogP contribution in [0.5, 0.6) is 0 Å². The predicted molar refractivity (Wildman–Crippen MR) is 22.9 cm³/mol. The molecular weight excluding hydrogens is 191 g/mol. The standard InChI is InChI=1S/C3H6O3.H2O.Zr/c1-2(4)3(5)6;;/h2,4H,1H3,(H,5,6);1H2;. The van der Waals surface area contributed by atoms with E-state index < -0.39 is 12.1 Å². The third-order valence-corrected chi connectivity index (χ3v) is 0.357. The van der Waals surface area contributed by atoms with Crippen molar-refractivity contribution >= 4 is 5.97 Å². The van der Waals surface area contributed by atoms with Gasteiger partial charge >= 0.3 is 5.97 Å². The third-order valence-electron chi connectivity index (χ3n) is 0.357. The maximum absolute atomic E-state index is 9.45. The van der Waals surface area contributed by atoms with Crippen molar-refractivity contribution in [1.82, 2.24) is 0 Å². The molecule has 4 nitrogen and oxygen atoms in total. The zero-order chi connectivity index (χ0) is 5.15. The molecule has 1 unspecified atom stereocenters. The number of aliphatic hydroxyl groups excluding tert-OH is 1. The Morgan fingerprint density at radius 2 is 1.75 bits per heavy atom. The number of carbonyl (C=O) groups is 1. The molecule has 4 N–H and O–H groups in total. The van der Waals surface area contributed by atoms with Gasteiger partial charge in [-0.05, 0) is 6.92 Å². The van der Waals surface area contributed by atoms with E-state index in [0.717, 1.165) is 0 Å². The van der Waals surface area contributed by atoms with Gasteiger partial charge in [-0.15, -0.1) is 0 Å². The topological polar surface area (TPSA) is 89.0 Å². The van der Waals surface area contributed by atoms with Crippen LogP contribution in [-0.4, -0.2) is 27.8 Å². The Morgan fingerprint density at radius 3 is 1.75 bits per heavy atom. The summed E-state index contributed by atoms with van der Waals surface area (Å²) in [4.78, 5) is 9.45. The number of hydrogen-bond donors (Lipinski definition) is 2. The van der Waals surface area contributed by atoms with Gasteiger partial charge in [-0.2, -0.15) is 0 Å². The zero-order valence-electron chi connectivity index (χ0n) is 4.38. The van der Waals surface area contributed by atoms with E-state index in [9.17, 15) is 4.79 Å². The summed E-state index contributed by atoms with van der Waals surface area (Å²) in [5.41, 5.74) is 0. The molecule has 0 bridgehead atoms. The minimum atomic E-state index is -1.23. The largest absolute Gasteiger partial charge is 0.479 e. The molecule has 5 heteroatoms. The number of carboxylic acid groups (broad SMARTS) is 1. The van der Waals surface area contributed by atoms with Gasteiger partial charge < -0.3 is 15.7 Å². The third kappa shape index (κ3) is 9.55. The Labute approximate surface area is 65.9 Å². The second-order valence-electron chi connectivity index (χ2n) is 1.01. The summed E-state index contributed by atoms with van der Waals surface area (Å²) in [7, 11) is 0. The molecule has 0 rings (SSSR count). The smallest absolute Gasteiger partial charge is 0.332 e. The van der Waals surface area contributed by atoms with Gasteiger partial charge in [0.15, 0.2) is 0 Å². The molecule has 0 amide bonds. The van der Waals surface area contributed by atoms with Crippen LogP contribution in [0.25, 0.3) is 0 Å². The quantitative estimate of drug-likeness (QED) is 0.546. The van der Waals surface area contributed by atoms with Crippen molar-refractivity contribution in [3.05, 3.63) is 0 Å². The summed E-state index contributed by atoms with van der Waals surface area (Å²) in [5, 5.41) is 15.8. The molecule has 0 spiro atoms. The van der Waals surface area contributed by atoms with Gasteiger partial charge in [0.05, 0.1) is 0 Å². The maximum atomic E-state index is 9.45. The van der Waals surface area contributed by atoms with Gasteiger partial charge in [-0.25, -0.2) is 4.79 Å². The molecule has 0 aromatic heterocycles. The van der Waals surface area contributed by atoms with Crippen molar-refractivity contribution in [3.63, 3.8) is 0 Å². The minimum absolute atomic E-state index is 0. The van der Waals surface area contributed by atoms with Crippen LogP contribution in [0, 0.1) is 0 Å². The molecule has 1 atom stereocenters. The van der Waals surface area contributed by atoms with Crippen molar-refractivity contribution in [2.75, 3.05) is 0 Å². The van der Waals surface area contributed by atoms with E-state index in [1.165, 1.54) is 6.92 Å². The van der Waals surface area contributed by atoms with Gasteiger partial charge in [0, 0.05) is 26.2 Å². The first-order chi connectivity index (χ1) is 2.64. The number of aliphatic carboxylic acids is 1. The van der Waals surface area contributed by atoms with Crippen molar-refractivity contribution in [3.8, 4) is 0 Å². The Balaban J connectivity index is -0.000000125. The van der Waals surface area contributed by atoms with Crippen molar-refractivity contribution in [1.29, 1.82) is 0 Å². The van der Waals surface area contributed by atoms with E-state index in [-0.39, 0.29) is 31.7 Å². The van der Waals surface area contributed by atoms with E-state index in [1.54, 1.807) is 0 Å². The minimum Gasteiger partial charge on any atom is -0.479 e. The molecule has 0 fully saturated rings. The van der Waals surface area contributed by atoms with Crippen LogP contribution in [-0.2, 0) is 31.0 Å². The van der Waals surface area contributed by atoms with Crippen LogP contribution in [0.3, 0.4) is 0 Å². The van der Waals surface area contributed by atoms with E-state index in [1.807, 2.05) is 0 Å². The summed E-state index contributed by atoms with van der Waals surface area (Å²) in [6, 6.07) is 0. The molecule has 0 saturated carbocycles. The first kappa shape index (κ1) is 15.7. The van der Waals surface area contributed by atoms with Crippen LogP contribution >= 0.6 is 0 Å². The van der Waals surface area contributed by atoms with Gasteiger partial charge in [-0.3, -0.25) is 0 Å². The molecule has 0 aromatic rings. The van der Waals surface area contributed by atoms with Gasteiger partial charge in [0.1, 0.15) is 6.10 Å². The van der Waals surface area contributed by atoms with Crippen LogP contribution < -0.4 is 0 Å². The van der Waals surface area contributed by atoms with E-state index >= 15 is 0 Å². The summed E-state index contributed by atoms with van der Waals surface area (Å²) >= 11 is 0. The number of carboxylic acids is 1. The molecule has 0 aliphatic rings. The molecule has 0 radical (unpaired) electrons. The average molecular weight is 199 g/mol. The Hall–Kier alpha value is 0.273. The van der Waals surface area contributed by atoms with E-state index in [0.29, 0.717) is 0 Å². The number of hydrogen-bond acceptors (Lipinski definition) is 2. The SMILES string of the molecule is CC(O)C(=O)O.O.[Zr]. The zero-order valence-corrected chi connectivity index (χ0v) is 6.84. The van der Waals surface area contributed by atoms with E-state index in [2.05, 4.69) is 0 Å². The summed E-state index contributed by atoms with van der Waals surface area (Å²) in [6.07, 6.45) is -1.23. The van der Waals surface area contributed by atoms with Crippen molar-refractivity contribution in [2.45, 2.75) is 13.0 Å². The number of rotatable bonds is 1. The van der Waals surface area contributed by atoms with Crippen LogP contribution in [0.4, 0.5) is 0 Å². The van der Waals surface area contributed by atoms with Crippen LogP contribution in [0.15, 0.2) is 0 Å². The number of aliphatic hydroxyl groups is 1. The molecule has 0 saturated heterocycles. The second-order valence-corrected chi connectivity index (χ2v) is 1.01. The summed E-state index contributed by atoms with van der Waals surface area (Å²) in [6.45, 7) is 1.20. The van der Waals surface area contributed by atoms with Crippen molar-refractivity contribution < 1.29 is 46.7 Å². The normalized spacial score (nSPS) is 10.2.